The summed E-state index contributed by atoms with van der Waals surface area (Å²) in [4.78, 5) is 0. The van der Waals surface area contributed by atoms with Gasteiger partial charge in [0.15, 0.2) is 5.17 Å². The lowest BCUT2D eigenvalue weighted by Crippen LogP contribution is -2.26. The summed E-state index contributed by atoms with van der Waals surface area (Å²) < 4.78 is 34.0. The van der Waals surface area contributed by atoms with Crippen molar-refractivity contribution in [1.29, 1.82) is 0 Å². The largest absolute Gasteiger partial charge is 0.378 e. The SMILES string of the molecule is CS/C(N)=N/S(=O)(=O)N=P(c1ccccc1)(c1ccccc1)c1ccccc1. The summed E-state index contributed by atoms with van der Waals surface area (Å²) in [6.07, 6.45) is 1.67. The van der Waals surface area contributed by atoms with Gasteiger partial charge in [-0.15, -0.1) is 4.40 Å². The molecule has 3 aromatic rings. The van der Waals surface area contributed by atoms with Crippen LogP contribution in [0, 0.1) is 0 Å². The normalized spacial score (nSPS) is 12.5. The summed E-state index contributed by atoms with van der Waals surface area (Å²) in [5, 5.41) is 2.44. The molecule has 5 nitrogen and oxygen atoms in total. The van der Waals surface area contributed by atoms with Gasteiger partial charge in [0, 0.05) is 15.9 Å². The monoisotopic (exact) mass is 429 g/mol. The molecular weight excluding hydrogens is 409 g/mol. The highest BCUT2D eigenvalue weighted by atomic mass is 32.2. The smallest absolute Gasteiger partial charge is 0.364 e. The minimum absolute atomic E-state index is 0.0453. The first-order chi connectivity index (χ1) is 13.5. The van der Waals surface area contributed by atoms with Gasteiger partial charge in [-0.1, -0.05) is 103 Å². The second-order valence-electron chi connectivity index (χ2n) is 5.81. The van der Waals surface area contributed by atoms with E-state index in [0.717, 1.165) is 27.7 Å². The minimum atomic E-state index is -4.18. The van der Waals surface area contributed by atoms with E-state index in [2.05, 4.69) is 8.55 Å². The molecule has 0 aliphatic heterocycles. The molecule has 0 spiro atoms. The van der Waals surface area contributed by atoms with Crippen LogP contribution in [0.2, 0.25) is 0 Å². The van der Waals surface area contributed by atoms with Crippen molar-refractivity contribution in [3.05, 3.63) is 91.0 Å². The molecule has 0 heterocycles. The Morgan fingerprint density at radius 3 is 1.46 bits per heavy atom. The molecule has 0 aliphatic carbocycles. The second kappa shape index (κ2) is 8.78. The summed E-state index contributed by atoms with van der Waals surface area (Å²) in [6.45, 7) is 0. The van der Waals surface area contributed by atoms with Gasteiger partial charge < -0.3 is 5.73 Å². The Hall–Kier alpha value is -2.34. The van der Waals surface area contributed by atoms with Crippen molar-refractivity contribution in [3.8, 4) is 0 Å². The van der Waals surface area contributed by atoms with E-state index in [1.54, 1.807) is 6.26 Å². The third-order valence-electron chi connectivity index (χ3n) is 4.03. The number of hydrogen-bond acceptors (Lipinski definition) is 3. The van der Waals surface area contributed by atoms with Crippen LogP contribution in [0.25, 0.3) is 0 Å². The molecule has 0 amide bonds. The topological polar surface area (TPSA) is 84.9 Å². The maximum atomic E-state index is 12.9. The summed E-state index contributed by atoms with van der Waals surface area (Å²) in [5.41, 5.74) is 5.68. The lowest BCUT2D eigenvalue weighted by atomic mass is 10.4. The van der Waals surface area contributed by atoms with Crippen LogP contribution in [0.3, 0.4) is 0 Å². The molecule has 0 saturated carbocycles. The lowest BCUT2D eigenvalue weighted by molar-refractivity contribution is 0.600. The van der Waals surface area contributed by atoms with E-state index in [4.69, 9.17) is 5.73 Å². The van der Waals surface area contributed by atoms with E-state index in [1.807, 2.05) is 91.0 Å². The third kappa shape index (κ3) is 4.38. The summed E-state index contributed by atoms with van der Waals surface area (Å²) in [6, 6.07) is 28.5. The van der Waals surface area contributed by atoms with E-state index in [0.29, 0.717) is 0 Å². The molecule has 0 fully saturated rings. The van der Waals surface area contributed by atoms with Crippen LogP contribution in [-0.4, -0.2) is 19.8 Å². The molecule has 0 bridgehead atoms. The minimum Gasteiger partial charge on any atom is -0.378 e. The Morgan fingerprint density at radius 2 is 1.14 bits per heavy atom. The van der Waals surface area contributed by atoms with Crippen molar-refractivity contribution in [2.45, 2.75) is 0 Å². The van der Waals surface area contributed by atoms with Crippen molar-refractivity contribution >= 4 is 50.1 Å². The zero-order valence-corrected chi connectivity index (χ0v) is 17.7. The molecule has 0 aliphatic rings. The highest BCUT2D eigenvalue weighted by molar-refractivity contribution is 8.14. The molecule has 2 N–H and O–H groups in total. The molecule has 0 aromatic heterocycles. The van der Waals surface area contributed by atoms with Gasteiger partial charge in [-0.3, -0.25) is 0 Å². The Labute approximate surface area is 170 Å². The van der Waals surface area contributed by atoms with Gasteiger partial charge in [0.05, 0.1) is 7.05 Å². The molecule has 28 heavy (non-hydrogen) atoms. The van der Waals surface area contributed by atoms with Crippen LogP contribution < -0.4 is 21.6 Å². The first-order valence-electron chi connectivity index (χ1n) is 8.43. The first-order valence-corrected chi connectivity index (χ1v) is 12.8. The summed E-state index contributed by atoms with van der Waals surface area (Å²) in [5.74, 6) is 0. The van der Waals surface area contributed by atoms with Gasteiger partial charge >= 0.3 is 10.2 Å². The molecule has 0 atom stereocenters. The average molecular weight is 430 g/mol. The fourth-order valence-corrected chi connectivity index (χ4v) is 8.87. The molecule has 0 unspecified atom stereocenters. The van der Waals surface area contributed by atoms with Crippen molar-refractivity contribution < 1.29 is 8.42 Å². The Kier molecular flexibility index (Phi) is 6.39. The number of hydrogen-bond donors (Lipinski definition) is 1. The molecule has 0 radical (unpaired) electrons. The van der Waals surface area contributed by atoms with Crippen LogP contribution in [0.5, 0.6) is 0 Å². The quantitative estimate of drug-likeness (QED) is 0.384. The van der Waals surface area contributed by atoms with E-state index in [1.165, 1.54) is 0 Å². The van der Waals surface area contributed by atoms with Gasteiger partial charge in [-0.2, -0.15) is 12.6 Å². The van der Waals surface area contributed by atoms with Crippen molar-refractivity contribution in [3.63, 3.8) is 0 Å². The lowest BCUT2D eigenvalue weighted by Gasteiger charge is -2.25. The average Bonchev–Trinajstić information content (AvgIpc) is 2.73. The molecule has 3 aromatic carbocycles. The maximum absolute atomic E-state index is 12.9. The Balaban J connectivity index is 2.47. The van der Waals surface area contributed by atoms with E-state index in [-0.39, 0.29) is 5.17 Å². The van der Waals surface area contributed by atoms with Crippen molar-refractivity contribution in [2.24, 2.45) is 14.3 Å². The first kappa shape index (κ1) is 20.4. The zero-order valence-electron chi connectivity index (χ0n) is 15.2. The summed E-state index contributed by atoms with van der Waals surface area (Å²) >= 11 is 1.07. The van der Waals surface area contributed by atoms with E-state index >= 15 is 0 Å². The van der Waals surface area contributed by atoms with Crippen LogP contribution in [0.1, 0.15) is 0 Å². The third-order valence-corrected chi connectivity index (χ3v) is 10.0. The highest BCUT2D eigenvalue weighted by Crippen LogP contribution is 2.47. The van der Waals surface area contributed by atoms with Crippen LogP contribution in [0.15, 0.2) is 99.5 Å². The Bertz CT molecular complexity index is 1010. The van der Waals surface area contributed by atoms with Crippen LogP contribution in [0.4, 0.5) is 0 Å². The van der Waals surface area contributed by atoms with Gasteiger partial charge in [0.1, 0.15) is 0 Å². The van der Waals surface area contributed by atoms with Crippen molar-refractivity contribution in [1.82, 2.24) is 0 Å². The Morgan fingerprint density at radius 1 is 0.786 bits per heavy atom. The van der Waals surface area contributed by atoms with E-state index < -0.39 is 17.3 Å². The summed E-state index contributed by atoms with van der Waals surface area (Å²) in [7, 11) is -7.05. The second-order valence-corrected chi connectivity index (χ2v) is 11.2. The van der Waals surface area contributed by atoms with Gasteiger partial charge in [-0.05, 0) is 6.26 Å². The molecule has 3 rings (SSSR count). The predicted octanol–water partition coefficient (Wildman–Crippen LogP) is 3.09. The molecule has 8 heteroatoms. The van der Waals surface area contributed by atoms with E-state index in [9.17, 15) is 8.42 Å². The number of nitrogens with two attached hydrogens (primary N) is 1. The fraction of sp³-hybridized carbons (Fsp3) is 0.0500. The van der Waals surface area contributed by atoms with Gasteiger partial charge in [0.25, 0.3) is 0 Å². The molecule has 0 saturated heterocycles. The number of benzene rings is 3. The number of amidine groups is 1. The molecular formula is C20H20N3O2PS2. The predicted molar refractivity (Wildman–Crippen MR) is 122 cm³/mol. The number of thioether (sulfide) groups is 1. The van der Waals surface area contributed by atoms with Crippen LogP contribution >= 0.6 is 18.8 Å². The van der Waals surface area contributed by atoms with Crippen molar-refractivity contribution in [2.75, 3.05) is 6.26 Å². The number of rotatable bonds is 5. The maximum Gasteiger partial charge on any atom is 0.364 e. The zero-order chi connectivity index (χ0) is 20.0. The van der Waals surface area contributed by atoms with Crippen LogP contribution in [-0.2, 0) is 10.2 Å². The standard InChI is InChI=1S/C20H20N3O2PS2/c1-27-20(21)22-28(24,25)23-26(17-11-5-2-6-12-17,18-13-7-3-8-14-18)19-15-9-4-10-16-19/h2-16H,1H3,(H2,21,22). The molecule has 144 valence electrons. The number of nitrogens with zero attached hydrogens (tertiary/aromatic N) is 2. The van der Waals surface area contributed by atoms with Gasteiger partial charge in [-0.25, -0.2) is 0 Å². The fourth-order valence-electron chi connectivity index (χ4n) is 2.84. The van der Waals surface area contributed by atoms with Gasteiger partial charge in [0.2, 0.25) is 0 Å². The highest BCUT2D eigenvalue weighted by Gasteiger charge is 2.30.